The lowest BCUT2D eigenvalue weighted by atomic mass is 10.2. The van der Waals surface area contributed by atoms with Crippen LogP contribution in [-0.2, 0) is 13.6 Å². The van der Waals surface area contributed by atoms with E-state index in [0.717, 1.165) is 5.69 Å². The van der Waals surface area contributed by atoms with Gasteiger partial charge in [-0.2, -0.15) is 0 Å². The molecular weight excluding hydrogens is 228 g/mol. The minimum absolute atomic E-state index is 0.179. The topological polar surface area (TPSA) is 45.5 Å². The van der Waals surface area contributed by atoms with Gasteiger partial charge in [-0.3, -0.25) is 9.69 Å². The second kappa shape index (κ2) is 6.21. The third-order valence-corrected chi connectivity index (χ3v) is 2.93. The van der Waals surface area contributed by atoms with Gasteiger partial charge in [-0.25, -0.2) is 0 Å². The minimum atomic E-state index is -0.335. The summed E-state index contributed by atoms with van der Waals surface area (Å²) in [6.07, 6.45) is 3.57. The molecule has 18 heavy (non-hydrogen) atoms. The van der Waals surface area contributed by atoms with Crippen LogP contribution < -0.4 is 5.43 Å². The fourth-order valence-electron chi connectivity index (χ4n) is 1.83. The molecule has 1 rings (SSSR count). The Hall–Kier alpha value is -1.81. The van der Waals surface area contributed by atoms with Gasteiger partial charge in [0.15, 0.2) is 5.75 Å². The van der Waals surface area contributed by atoms with Crippen LogP contribution in [0.15, 0.2) is 36.2 Å². The second-order valence-corrected chi connectivity index (χ2v) is 4.28. The number of pyridine rings is 1. The van der Waals surface area contributed by atoms with Gasteiger partial charge in [-0.15, -0.1) is 13.2 Å². The minimum Gasteiger partial charge on any atom is -0.503 e. The van der Waals surface area contributed by atoms with Crippen LogP contribution in [0, 0.1) is 6.92 Å². The highest BCUT2D eigenvalue weighted by Crippen LogP contribution is 2.15. The molecule has 4 heteroatoms. The lowest BCUT2D eigenvalue weighted by Gasteiger charge is -2.22. The van der Waals surface area contributed by atoms with E-state index in [0.29, 0.717) is 25.3 Å². The van der Waals surface area contributed by atoms with E-state index in [-0.39, 0.29) is 11.2 Å². The Morgan fingerprint density at radius 1 is 1.39 bits per heavy atom. The quantitative estimate of drug-likeness (QED) is 0.777. The van der Waals surface area contributed by atoms with E-state index in [2.05, 4.69) is 13.2 Å². The average Bonchev–Trinajstić information content (AvgIpc) is 2.32. The molecule has 0 radical (unpaired) electrons. The molecule has 1 N–H and O–H groups in total. The molecule has 0 aliphatic heterocycles. The van der Waals surface area contributed by atoms with Gasteiger partial charge in [0.2, 0.25) is 5.43 Å². The van der Waals surface area contributed by atoms with Crippen LogP contribution in [0.1, 0.15) is 11.4 Å². The molecule has 4 nitrogen and oxygen atoms in total. The Kier molecular flexibility index (Phi) is 4.92. The first-order valence-electron chi connectivity index (χ1n) is 5.83. The summed E-state index contributed by atoms with van der Waals surface area (Å²) in [6, 6.07) is 1.43. The highest BCUT2D eigenvalue weighted by molar-refractivity contribution is 5.29. The SMILES string of the molecule is C=CCN(CC=C)Cc1c(O)c(=O)cc(C)n1C. The zero-order valence-corrected chi connectivity index (χ0v) is 11.0. The van der Waals surface area contributed by atoms with Crippen molar-refractivity contribution in [1.82, 2.24) is 9.47 Å². The molecular formula is C14H20N2O2. The lowest BCUT2D eigenvalue weighted by molar-refractivity contribution is 0.309. The zero-order chi connectivity index (χ0) is 13.7. The van der Waals surface area contributed by atoms with Crippen LogP contribution in [0.4, 0.5) is 0 Å². The molecule has 1 aromatic rings. The standard InChI is InChI=1S/C14H20N2O2/c1-5-7-16(8-6-2)10-12-14(18)13(17)9-11(3)15(12)4/h5-6,9,18H,1-2,7-8,10H2,3-4H3. The Labute approximate surface area is 107 Å². The van der Waals surface area contributed by atoms with Gasteiger partial charge in [-0.05, 0) is 6.92 Å². The van der Waals surface area contributed by atoms with E-state index >= 15 is 0 Å². The van der Waals surface area contributed by atoms with Crippen molar-refractivity contribution < 1.29 is 5.11 Å². The van der Waals surface area contributed by atoms with Crippen molar-refractivity contribution in [2.45, 2.75) is 13.5 Å². The van der Waals surface area contributed by atoms with E-state index in [1.807, 2.05) is 23.4 Å². The van der Waals surface area contributed by atoms with Crippen molar-refractivity contribution in [1.29, 1.82) is 0 Å². The Morgan fingerprint density at radius 2 is 1.94 bits per heavy atom. The van der Waals surface area contributed by atoms with Gasteiger partial charge < -0.3 is 9.67 Å². The van der Waals surface area contributed by atoms with Crippen molar-refractivity contribution in [3.8, 4) is 5.75 Å². The summed E-state index contributed by atoms with van der Waals surface area (Å²) in [7, 11) is 1.84. The molecule has 0 aliphatic rings. The van der Waals surface area contributed by atoms with E-state index in [1.54, 1.807) is 12.2 Å². The predicted octanol–water partition coefficient (Wildman–Crippen LogP) is 1.57. The summed E-state index contributed by atoms with van der Waals surface area (Å²) in [6.45, 7) is 11.1. The van der Waals surface area contributed by atoms with Crippen molar-refractivity contribution in [2.75, 3.05) is 13.1 Å². The fourth-order valence-corrected chi connectivity index (χ4v) is 1.83. The van der Waals surface area contributed by atoms with E-state index < -0.39 is 0 Å². The van der Waals surface area contributed by atoms with Gasteiger partial charge in [0.05, 0.1) is 5.69 Å². The molecule has 0 bridgehead atoms. The molecule has 0 aliphatic carbocycles. The van der Waals surface area contributed by atoms with Crippen molar-refractivity contribution in [2.24, 2.45) is 7.05 Å². The molecule has 1 aromatic heterocycles. The number of rotatable bonds is 6. The van der Waals surface area contributed by atoms with Crippen LogP contribution in [0.25, 0.3) is 0 Å². The number of aromatic hydroxyl groups is 1. The molecule has 98 valence electrons. The summed E-state index contributed by atoms with van der Waals surface area (Å²) >= 11 is 0. The van der Waals surface area contributed by atoms with E-state index in [9.17, 15) is 9.90 Å². The number of aromatic nitrogens is 1. The zero-order valence-electron chi connectivity index (χ0n) is 11.0. The van der Waals surface area contributed by atoms with Gasteiger partial charge in [0, 0.05) is 38.4 Å². The largest absolute Gasteiger partial charge is 0.503 e. The summed E-state index contributed by atoms with van der Waals surface area (Å²) in [4.78, 5) is 13.6. The lowest BCUT2D eigenvalue weighted by Crippen LogP contribution is -2.27. The summed E-state index contributed by atoms with van der Waals surface area (Å²) in [5.74, 6) is -0.179. The predicted molar refractivity (Wildman–Crippen MR) is 73.8 cm³/mol. The molecule has 0 amide bonds. The molecule has 0 spiro atoms. The van der Waals surface area contributed by atoms with Crippen LogP contribution in [0.3, 0.4) is 0 Å². The average molecular weight is 248 g/mol. The monoisotopic (exact) mass is 248 g/mol. The summed E-state index contributed by atoms with van der Waals surface area (Å²) < 4.78 is 1.83. The summed E-state index contributed by atoms with van der Waals surface area (Å²) in [5, 5.41) is 9.88. The van der Waals surface area contributed by atoms with Crippen LogP contribution >= 0.6 is 0 Å². The first kappa shape index (κ1) is 14.3. The van der Waals surface area contributed by atoms with Crippen LogP contribution in [-0.4, -0.2) is 27.7 Å². The maximum atomic E-state index is 11.6. The Balaban J connectivity index is 3.12. The van der Waals surface area contributed by atoms with Crippen molar-refractivity contribution >= 4 is 0 Å². The van der Waals surface area contributed by atoms with Crippen molar-refractivity contribution in [3.63, 3.8) is 0 Å². The number of hydrogen-bond donors (Lipinski definition) is 1. The third kappa shape index (κ3) is 3.11. The second-order valence-electron chi connectivity index (χ2n) is 4.28. The number of hydrogen-bond acceptors (Lipinski definition) is 3. The number of nitrogens with zero attached hydrogens (tertiary/aromatic N) is 2. The molecule has 0 unspecified atom stereocenters. The smallest absolute Gasteiger partial charge is 0.223 e. The Bertz CT molecular complexity index is 493. The maximum Gasteiger partial charge on any atom is 0.223 e. The molecule has 0 fully saturated rings. The van der Waals surface area contributed by atoms with Crippen LogP contribution in [0.2, 0.25) is 0 Å². The third-order valence-electron chi connectivity index (χ3n) is 2.93. The number of aryl methyl sites for hydroxylation is 1. The highest BCUT2D eigenvalue weighted by Gasteiger charge is 2.13. The Morgan fingerprint density at radius 3 is 2.44 bits per heavy atom. The fraction of sp³-hybridized carbons (Fsp3) is 0.357. The molecule has 0 saturated heterocycles. The normalized spacial score (nSPS) is 10.6. The van der Waals surface area contributed by atoms with Gasteiger partial charge in [0.25, 0.3) is 0 Å². The maximum absolute atomic E-state index is 11.6. The molecule has 0 atom stereocenters. The van der Waals surface area contributed by atoms with E-state index in [1.165, 1.54) is 6.07 Å². The molecule has 0 saturated carbocycles. The highest BCUT2D eigenvalue weighted by atomic mass is 16.3. The molecule has 0 aromatic carbocycles. The molecule has 1 heterocycles. The van der Waals surface area contributed by atoms with Gasteiger partial charge >= 0.3 is 0 Å². The van der Waals surface area contributed by atoms with E-state index in [4.69, 9.17) is 0 Å². The van der Waals surface area contributed by atoms with Gasteiger partial charge in [0.1, 0.15) is 0 Å². The van der Waals surface area contributed by atoms with Crippen molar-refractivity contribution in [3.05, 3.63) is 53.0 Å². The first-order valence-corrected chi connectivity index (χ1v) is 5.83. The summed E-state index contributed by atoms with van der Waals surface area (Å²) in [5.41, 5.74) is 1.10. The van der Waals surface area contributed by atoms with Gasteiger partial charge in [-0.1, -0.05) is 12.2 Å². The first-order chi connectivity index (χ1) is 8.51. The van der Waals surface area contributed by atoms with Crippen LogP contribution in [0.5, 0.6) is 5.75 Å².